The van der Waals surface area contributed by atoms with Gasteiger partial charge in [-0.05, 0) is 59.0 Å². The van der Waals surface area contributed by atoms with Crippen LogP contribution in [0.4, 0.5) is 11.4 Å². The van der Waals surface area contributed by atoms with Crippen molar-refractivity contribution in [2.45, 2.75) is 26.2 Å². The Morgan fingerprint density at radius 2 is 1.55 bits per heavy atom. The summed E-state index contributed by atoms with van der Waals surface area (Å²) in [5, 5.41) is 3.64. The summed E-state index contributed by atoms with van der Waals surface area (Å²) in [7, 11) is 1.58. The fraction of sp³-hybridized carbons (Fsp3) is 0.185. The van der Waals surface area contributed by atoms with Gasteiger partial charge in [-0.1, -0.05) is 62.7 Å². The Bertz CT molecular complexity index is 1240. The zero-order valence-corrected chi connectivity index (χ0v) is 19.7. The van der Waals surface area contributed by atoms with Crippen molar-refractivity contribution < 1.29 is 14.3 Å². The molecule has 0 unspecified atom stereocenters. The van der Waals surface area contributed by atoms with Gasteiger partial charge in [0.15, 0.2) is 0 Å². The number of nitrogens with one attached hydrogen (secondary N) is 1. The van der Waals surface area contributed by atoms with E-state index >= 15 is 0 Å². The van der Waals surface area contributed by atoms with E-state index in [1.807, 2.05) is 24.3 Å². The molecule has 0 bridgehead atoms. The molecule has 1 heterocycles. The Morgan fingerprint density at radius 1 is 0.879 bits per heavy atom. The van der Waals surface area contributed by atoms with E-state index in [1.165, 1.54) is 5.56 Å². The number of benzene rings is 3. The smallest absolute Gasteiger partial charge is 0.282 e. The quantitative estimate of drug-likeness (QED) is 0.471. The molecular formula is C27H25ClN2O3. The highest BCUT2D eigenvalue weighted by molar-refractivity contribution is 6.46. The Kier molecular flexibility index (Phi) is 6.00. The topological polar surface area (TPSA) is 58.6 Å². The summed E-state index contributed by atoms with van der Waals surface area (Å²) in [4.78, 5) is 28.1. The van der Waals surface area contributed by atoms with Crippen molar-refractivity contribution in [3.8, 4) is 5.75 Å². The third-order valence-corrected chi connectivity index (χ3v) is 5.78. The largest absolute Gasteiger partial charge is 0.497 e. The molecule has 1 aliphatic rings. The first-order valence-corrected chi connectivity index (χ1v) is 11.0. The molecule has 3 aromatic carbocycles. The molecule has 0 radical (unpaired) electrons. The lowest BCUT2D eigenvalue weighted by Crippen LogP contribution is -2.32. The molecule has 3 aromatic rings. The summed E-state index contributed by atoms with van der Waals surface area (Å²) in [6, 6.07) is 21.6. The van der Waals surface area contributed by atoms with E-state index in [4.69, 9.17) is 16.3 Å². The van der Waals surface area contributed by atoms with E-state index < -0.39 is 11.8 Å². The lowest BCUT2D eigenvalue weighted by Gasteiger charge is -2.19. The number of rotatable bonds is 5. The van der Waals surface area contributed by atoms with Crippen molar-refractivity contribution in [1.29, 1.82) is 0 Å². The van der Waals surface area contributed by atoms with Gasteiger partial charge >= 0.3 is 0 Å². The molecule has 6 heteroatoms. The first kappa shape index (κ1) is 22.6. The van der Waals surface area contributed by atoms with Gasteiger partial charge < -0.3 is 10.1 Å². The monoisotopic (exact) mass is 460 g/mol. The number of methoxy groups -OCH3 is 1. The minimum atomic E-state index is -0.437. The first-order chi connectivity index (χ1) is 15.7. The first-order valence-electron chi connectivity index (χ1n) is 10.6. The van der Waals surface area contributed by atoms with E-state index in [2.05, 4.69) is 26.1 Å². The van der Waals surface area contributed by atoms with Crippen molar-refractivity contribution in [1.82, 2.24) is 0 Å². The summed E-state index contributed by atoms with van der Waals surface area (Å²) < 4.78 is 5.24. The second-order valence-corrected chi connectivity index (χ2v) is 9.29. The molecule has 0 aliphatic carbocycles. The fourth-order valence-electron chi connectivity index (χ4n) is 3.72. The number of hydrogen-bond acceptors (Lipinski definition) is 4. The van der Waals surface area contributed by atoms with Gasteiger partial charge in [0.2, 0.25) is 0 Å². The van der Waals surface area contributed by atoms with Crippen molar-refractivity contribution in [2.24, 2.45) is 0 Å². The van der Waals surface area contributed by atoms with Crippen LogP contribution in [0.15, 0.2) is 78.5 Å². The molecule has 0 aromatic heterocycles. The highest BCUT2D eigenvalue weighted by atomic mass is 35.5. The van der Waals surface area contributed by atoms with Crippen molar-refractivity contribution in [3.63, 3.8) is 0 Å². The van der Waals surface area contributed by atoms with Gasteiger partial charge in [0, 0.05) is 10.7 Å². The summed E-state index contributed by atoms with van der Waals surface area (Å²) in [6.45, 7) is 6.42. The minimum Gasteiger partial charge on any atom is -0.497 e. The predicted molar refractivity (Wildman–Crippen MR) is 133 cm³/mol. The lowest BCUT2D eigenvalue weighted by molar-refractivity contribution is -0.120. The number of imide groups is 1. The van der Waals surface area contributed by atoms with E-state index in [9.17, 15) is 9.59 Å². The average Bonchev–Trinajstić information content (AvgIpc) is 3.03. The molecule has 0 saturated heterocycles. The molecule has 33 heavy (non-hydrogen) atoms. The summed E-state index contributed by atoms with van der Waals surface area (Å²) in [6.07, 6.45) is 0. The number of carbonyl (C=O) groups excluding carboxylic acids is 2. The van der Waals surface area contributed by atoms with Crippen LogP contribution in [0.1, 0.15) is 31.9 Å². The summed E-state index contributed by atoms with van der Waals surface area (Å²) >= 11 is 6.13. The number of ether oxygens (including phenoxy) is 1. The molecule has 0 atom stereocenters. The Balaban J connectivity index is 1.77. The highest BCUT2D eigenvalue weighted by Crippen LogP contribution is 2.35. The van der Waals surface area contributed by atoms with E-state index in [0.29, 0.717) is 27.6 Å². The maximum absolute atomic E-state index is 13.5. The summed E-state index contributed by atoms with van der Waals surface area (Å²) in [5.74, 6) is -0.190. The van der Waals surface area contributed by atoms with Crippen LogP contribution in [0.3, 0.4) is 0 Å². The fourth-order valence-corrected chi connectivity index (χ4v) is 3.90. The van der Waals surface area contributed by atoms with Crippen LogP contribution < -0.4 is 15.0 Å². The number of amides is 2. The van der Waals surface area contributed by atoms with E-state index in [0.717, 1.165) is 10.6 Å². The van der Waals surface area contributed by atoms with Gasteiger partial charge in [0.05, 0.1) is 18.4 Å². The standard InChI is InChI=1S/C27H25ClN2O3/c1-27(2,3)18-10-12-20(13-11-18)29-24-23(17-8-14-22(33-4)15-9-17)25(31)30(26(24)32)21-7-5-6-19(28)16-21/h5-16,29H,1-4H3. The van der Waals surface area contributed by atoms with Crippen LogP contribution in [0, 0.1) is 0 Å². The second kappa shape index (κ2) is 8.75. The van der Waals surface area contributed by atoms with Crippen LogP contribution in [0.2, 0.25) is 5.02 Å². The number of halogens is 1. The van der Waals surface area contributed by atoms with Gasteiger partial charge in [0.25, 0.3) is 11.8 Å². The molecule has 0 fully saturated rings. The number of nitrogens with zero attached hydrogens (tertiary/aromatic N) is 1. The highest BCUT2D eigenvalue weighted by Gasteiger charge is 2.40. The molecule has 168 valence electrons. The molecule has 5 nitrogen and oxygen atoms in total. The van der Waals surface area contributed by atoms with Crippen LogP contribution >= 0.6 is 11.6 Å². The van der Waals surface area contributed by atoms with Crippen molar-refractivity contribution in [2.75, 3.05) is 17.3 Å². The summed E-state index contributed by atoms with van der Waals surface area (Å²) in [5.41, 5.74) is 3.45. The zero-order chi connectivity index (χ0) is 23.8. The molecular weight excluding hydrogens is 436 g/mol. The average molecular weight is 461 g/mol. The molecule has 1 N–H and O–H groups in total. The van der Waals surface area contributed by atoms with E-state index in [1.54, 1.807) is 55.6 Å². The SMILES string of the molecule is COc1ccc(C2=C(Nc3ccc(C(C)(C)C)cc3)C(=O)N(c3cccc(Cl)c3)C2=O)cc1. The minimum absolute atomic E-state index is 0.00851. The van der Waals surface area contributed by atoms with Crippen molar-refractivity contribution in [3.05, 3.63) is 94.6 Å². The van der Waals surface area contributed by atoms with Crippen LogP contribution in [0.5, 0.6) is 5.75 Å². The van der Waals surface area contributed by atoms with Gasteiger partial charge in [-0.3, -0.25) is 9.59 Å². The maximum atomic E-state index is 13.5. The zero-order valence-electron chi connectivity index (χ0n) is 19.0. The predicted octanol–water partition coefficient (Wildman–Crippen LogP) is 6.04. The Hall–Kier alpha value is -3.57. The number of anilines is 2. The van der Waals surface area contributed by atoms with E-state index in [-0.39, 0.29) is 11.1 Å². The number of carbonyl (C=O) groups is 2. The van der Waals surface area contributed by atoms with Gasteiger partial charge in [-0.25, -0.2) is 4.90 Å². The molecule has 2 amide bonds. The van der Waals surface area contributed by atoms with Crippen molar-refractivity contribution >= 4 is 40.4 Å². The molecule has 0 spiro atoms. The molecule has 0 saturated carbocycles. The third kappa shape index (κ3) is 4.50. The Labute approximate surface area is 198 Å². The lowest BCUT2D eigenvalue weighted by atomic mass is 9.87. The van der Waals surface area contributed by atoms with Gasteiger partial charge in [-0.15, -0.1) is 0 Å². The van der Waals surface area contributed by atoms with Gasteiger partial charge in [-0.2, -0.15) is 0 Å². The van der Waals surface area contributed by atoms with Crippen LogP contribution in [-0.2, 0) is 15.0 Å². The molecule has 1 aliphatic heterocycles. The second-order valence-electron chi connectivity index (χ2n) is 8.86. The van der Waals surface area contributed by atoms with Gasteiger partial charge in [0.1, 0.15) is 11.4 Å². The normalized spacial score (nSPS) is 14.2. The molecule has 4 rings (SSSR count). The number of hydrogen-bond donors (Lipinski definition) is 1. The van der Waals surface area contributed by atoms with Crippen LogP contribution in [-0.4, -0.2) is 18.9 Å². The Morgan fingerprint density at radius 3 is 2.12 bits per heavy atom. The maximum Gasteiger partial charge on any atom is 0.282 e. The third-order valence-electron chi connectivity index (χ3n) is 5.55. The van der Waals surface area contributed by atoms with Crippen LogP contribution in [0.25, 0.3) is 5.57 Å².